The third-order valence-electron chi connectivity index (χ3n) is 1.93. The Balaban J connectivity index is 2.12. The molecule has 0 amide bonds. The highest BCUT2D eigenvalue weighted by molar-refractivity contribution is 5.83. The molecule has 0 aromatic heterocycles. The van der Waals surface area contributed by atoms with E-state index >= 15 is 0 Å². The van der Waals surface area contributed by atoms with Crippen molar-refractivity contribution in [3.05, 3.63) is 0 Å². The Morgan fingerprint density at radius 1 is 1.75 bits per heavy atom. The summed E-state index contributed by atoms with van der Waals surface area (Å²) in [5.41, 5.74) is 0. The van der Waals surface area contributed by atoms with Crippen LogP contribution in [0.25, 0.3) is 0 Å². The maximum absolute atomic E-state index is 5.02. The minimum atomic E-state index is 0.722. The van der Waals surface area contributed by atoms with Crippen molar-refractivity contribution in [3.8, 4) is 0 Å². The molecule has 2 rings (SSSR count). The molecular formula is C6H9NO. The van der Waals surface area contributed by atoms with Gasteiger partial charge in [-0.05, 0) is 12.3 Å². The Morgan fingerprint density at radius 3 is 2.88 bits per heavy atom. The van der Waals surface area contributed by atoms with Crippen molar-refractivity contribution in [2.45, 2.75) is 6.42 Å². The first kappa shape index (κ1) is 4.36. The quantitative estimate of drug-likeness (QED) is 0.450. The van der Waals surface area contributed by atoms with Gasteiger partial charge < -0.3 is 4.74 Å². The van der Waals surface area contributed by atoms with Gasteiger partial charge in [0.15, 0.2) is 5.90 Å². The van der Waals surface area contributed by atoms with E-state index in [0.29, 0.717) is 0 Å². The second-order valence-corrected chi connectivity index (χ2v) is 2.49. The number of hydrogen-bond donors (Lipinski definition) is 0. The van der Waals surface area contributed by atoms with Gasteiger partial charge in [0, 0.05) is 12.5 Å². The molecule has 1 heterocycles. The van der Waals surface area contributed by atoms with Crippen LogP contribution in [0, 0.1) is 11.8 Å². The number of rotatable bonds is 0. The van der Waals surface area contributed by atoms with Crippen molar-refractivity contribution in [1.82, 2.24) is 0 Å². The van der Waals surface area contributed by atoms with E-state index in [1.54, 1.807) is 7.11 Å². The fourth-order valence-electron chi connectivity index (χ4n) is 1.29. The average Bonchev–Trinajstić information content (AvgIpc) is 2.46. The van der Waals surface area contributed by atoms with Crippen molar-refractivity contribution < 1.29 is 4.74 Å². The summed E-state index contributed by atoms with van der Waals surface area (Å²) in [5, 5.41) is 0. The third kappa shape index (κ3) is 0.403. The SMILES string of the molecule is COC1=NC[C@@H]2C[C@H]12. The first-order valence-electron chi connectivity index (χ1n) is 3.00. The van der Waals surface area contributed by atoms with Gasteiger partial charge in [-0.3, -0.25) is 4.99 Å². The Bertz CT molecular complexity index is 141. The molecular weight excluding hydrogens is 102 g/mol. The van der Waals surface area contributed by atoms with Gasteiger partial charge in [-0.25, -0.2) is 0 Å². The lowest BCUT2D eigenvalue weighted by molar-refractivity contribution is 0.388. The van der Waals surface area contributed by atoms with Gasteiger partial charge in [0.2, 0.25) is 0 Å². The van der Waals surface area contributed by atoms with Crippen LogP contribution in [0.2, 0.25) is 0 Å². The third-order valence-corrected chi connectivity index (χ3v) is 1.93. The molecule has 1 fully saturated rings. The summed E-state index contributed by atoms with van der Waals surface area (Å²) in [4.78, 5) is 4.18. The summed E-state index contributed by atoms with van der Waals surface area (Å²) in [7, 11) is 1.71. The smallest absolute Gasteiger partial charge is 0.186 e. The molecule has 2 aliphatic rings. The van der Waals surface area contributed by atoms with E-state index in [1.165, 1.54) is 6.42 Å². The predicted octanol–water partition coefficient (Wildman–Crippen LogP) is 0.681. The van der Waals surface area contributed by atoms with Crippen molar-refractivity contribution in [2.24, 2.45) is 16.8 Å². The topological polar surface area (TPSA) is 21.6 Å². The van der Waals surface area contributed by atoms with E-state index < -0.39 is 0 Å². The first-order chi connectivity index (χ1) is 3.92. The molecule has 0 bridgehead atoms. The van der Waals surface area contributed by atoms with Crippen LogP contribution in [0.15, 0.2) is 4.99 Å². The van der Waals surface area contributed by atoms with Gasteiger partial charge in [0.25, 0.3) is 0 Å². The van der Waals surface area contributed by atoms with Crippen molar-refractivity contribution >= 4 is 5.90 Å². The minimum Gasteiger partial charge on any atom is -0.484 e. The number of hydrogen-bond acceptors (Lipinski definition) is 2. The fraction of sp³-hybridized carbons (Fsp3) is 0.833. The molecule has 44 valence electrons. The van der Waals surface area contributed by atoms with Crippen LogP contribution in [-0.2, 0) is 4.74 Å². The van der Waals surface area contributed by atoms with Crippen LogP contribution in [0.4, 0.5) is 0 Å². The maximum Gasteiger partial charge on any atom is 0.186 e. The van der Waals surface area contributed by atoms with E-state index in [-0.39, 0.29) is 0 Å². The summed E-state index contributed by atoms with van der Waals surface area (Å²) in [6.07, 6.45) is 1.33. The van der Waals surface area contributed by atoms with Crippen molar-refractivity contribution in [2.75, 3.05) is 13.7 Å². The molecule has 0 N–H and O–H groups in total. The molecule has 0 saturated heterocycles. The molecule has 1 aliphatic heterocycles. The zero-order valence-corrected chi connectivity index (χ0v) is 4.92. The van der Waals surface area contributed by atoms with Gasteiger partial charge in [0.05, 0.1) is 7.11 Å². The van der Waals surface area contributed by atoms with Crippen LogP contribution >= 0.6 is 0 Å². The Hall–Kier alpha value is -0.530. The highest BCUT2D eigenvalue weighted by Gasteiger charge is 2.46. The summed E-state index contributed by atoms with van der Waals surface area (Å²) >= 11 is 0. The van der Waals surface area contributed by atoms with Crippen molar-refractivity contribution in [3.63, 3.8) is 0 Å². The van der Waals surface area contributed by atoms with Crippen molar-refractivity contribution in [1.29, 1.82) is 0 Å². The number of fused-ring (bicyclic) bond motifs is 1. The van der Waals surface area contributed by atoms with E-state index in [1.807, 2.05) is 0 Å². The number of nitrogens with zero attached hydrogens (tertiary/aromatic N) is 1. The van der Waals surface area contributed by atoms with Gasteiger partial charge in [-0.2, -0.15) is 0 Å². The molecule has 2 atom stereocenters. The summed E-state index contributed by atoms with van der Waals surface area (Å²) in [6, 6.07) is 0. The molecule has 0 unspecified atom stereocenters. The second kappa shape index (κ2) is 1.24. The fourth-order valence-corrected chi connectivity index (χ4v) is 1.29. The van der Waals surface area contributed by atoms with Gasteiger partial charge in [-0.1, -0.05) is 0 Å². The highest BCUT2D eigenvalue weighted by Crippen LogP contribution is 2.44. The van der Waals surface area contributed by atoms with Crippen LogP contribution in [0.5, 0.6) is 0 Å². The number of methoxy groups -OCH3 is 1. The van der Waals surface area contributed by atoms with Gasteiger partial charge >= 0.3 is 0 Å². The highest BCUT2D eigenvalue weighted by atomic mass is 16.5. The summed E-state index contributed by atoms with van der Waals surface area (Å²) in [6.45, 7) is 1.02. The first-order valence-corrected chi connectivity index (χ1v) is 3.00. The lowest BCUT2D eigenvalue weighted by atomic mass is 10.4. The van der Waals surface area contributed by atoms with E-state index in [0.717, 1.165) is 24.3 Å². The Kier molecular flexibility index (Phi) is 0.678. The van der Waals surface area contributed by atoms with E-state index in [4.69, 9.17) is 4.74 Å². The van der Waals surface area contributed by atoms with Crippen LogP contribution in [0.1, 0.15) is 6.42 Å². The Morgan fingerprint density at radius 2 is 2.62 bits per heavy atom. The molecule has 1 aliphatic carbocycles. The molecule has 1 saturated carbocycles. The maximum atomic E-state index is 5.02. The molecule has 0 spiro atoms. The van der Waals surface area contributed by atoms with Gasteiger partial charge in [-0.15, -0.1) is 0 Å². The van der Waals surface area contributed by atoms with Crippen LogP contribution in [0.3, 0.4) is 0 Å². The molecule has 2 nitrogen and oxygen atoms in total. The van der Waals surface area contributed by atoms with E-state index in [2.05, 4.69) is 4.99 Å². The largest absolute Gasteiger partial charge is 0.484 e. The normalized spacial score (nSPS) is 40.9. The molecule has 0 radical (unpaired) electrons. The van der Waals surface area contributed by atoms with E-state index in [9.17, 15) is 0 Å². The van der Waals surface area contributed by atoms with Gasteiger partial charge in [0.1, 0.15) is 0 Å². The van der Waals surface area contributed by atoms with Crippen LogP contribution < -0.4 is 0 Å². The summed E-state index contributed by atoms with van der Waals surface area (Å²) < 4.78 is 5.02. The minimum absolute atomic E-state index is 0.722. The molecule has 8 heavy (non-hydrogen) atoms. The predicted molar refractivity (Wildman–Crippen MR) is 30.9 cm³/mol. The lowest BCUT2D eigenvalue weighted by Gasteiger charge is -1.95. The molecule has 2 heteroatoms. The Labute approximate surface area is 48.6 Å². The zero-order valence-electron chi connectivity index (χ0n) is 4.92. The molecule has 0 aromatic carbocycles. The van der Waals surface area contributed by atoms with Crippen LogP contribution in [-0.4, -0.2) is 19.6 Å². The molecule has 0 aromatic rings. The number of ether oxygens (including phenoxy) is 1. The number of aliphatic imine (C=N–C) groups is 1. The average molecular weight is 111 g/mol. The summed E-state index contributed by atoms with van der Waals surface area (Å²) in [5.74, 6) is 2.58. The standard InChI is InChI=1S/C6H9NO/c1-8-6-5-2-4(5)3-7-6/h4-5H,2-3H2,1H3/t4-,5-/m0/s1. The second-order valence-electron chi connectivity index (χ2n) is 2.49. The monoisotopic (exact) mass is 111 g/mol. The zero-order chi connectivity index (χ0) is 5.56. The lowest BCUT2D eigenvalue weighted by Crippen LogP contribution is -1.99.